The number of carbonyl (C=O) groups is 2. The maximum absolute atomic E-state index is 13.1. The topological polar surface area (TPSA) is 58.6 Å². The van der Waals surface area contributed by atoms with Crippen molar-refractivity contribution in [2.75, 3.05) is 25.5 Å². The van der Waals surface area contributed by atoms with Gasteiger partial charge in [0, 0.05) is 31.7 Å². The van der Waals surface area contributed by atoms with Crippen molar-refractivity contribution in [3.8, 4) is 5.75 Å². The van der Waals surface area contributed by atoms with Crippen LogP contribution in [0, 0.1) is 5.82 Å². The lowest BCUT2D eigenvalue weighted by atomic mass is 10.2. The molecule has 1 N–H and O–H groups in total. The number of nitrogens with zero attached hydrogens (tertiary/aromatic N) is 1. The van der Waals surface area contributed by atoms with Crippen LogP contribution in [-0.2, 0) is 16.2 Å². The van der Waals surface area contributed by atoms with Crippen molar-refractivity contribution in [1.82, 2.24) is 5.32 Å². The van der Waals surface area contributed by atoms with Crippen molar-refractivity contribution in [1.29, 1.82) is 0 Å². The molecule has 27 heavy (non-hydrogen) atoms. The zero-order chi connectivity index (χ0) is 20.1. The number of ether oxygens (including phenoxy) is 1. The number of nitrogens with one attached hydrogen (secondary N) is 1. The van der Waals surface area contributed by atoms with Crippen LogP contribution in [0.1, 0.15) is 18.9 Å². The third-order valence-corrected chi connectivity index (χ3v) is 3.86. The quantitative estimate of drug-likeness (QED) is 0.683. The Balaban J connectivity index is 0.00000114. The number of rotatable bonds is 9. The smallest absolute Gasteiger partial charge is 0.123 e. The Kier molecular flexibility index (Phi) is 10.4. The molecule has 0 aromatic heterocycles. The summed E-state index contributed by atoms with van der Waals surface area (Å²) in [6.07, 6.45) is 2.16. The van der Waals surface area contributed by atoms with Gasteiger partial charge in [-0.3, -0.25) is 0 Å². The van der Waals surface area contributed by atoms with E-state index < -0.39 is 0 Å². The average molecular weight is 374 g/mol. The van der Waals surface area contributed by atoms with E-state index >= 15 is 0 Å². The Labute approximate surface area is 160 Å². The molecule has 2 aromatic rings. The first kappa shape index (κ1) is 22.3. The molecule has 2 aromatic carbocycles. The van der Waals surface area contributed by atoms with Gasteiger partial charge in [0.25, 0.3) is 0 Å². The van der Waals surface area contributed by atoms with E-state index in [0.717, 1.165) is 36.1 Å². The van der Waals surface area contributed by atoms with Crippen LogP contribution in [0.4, 0.5) is 10.1 Å². The second-order valence-electron chi connectivity index (χ2n) is 5.92. The number of hydrogen-bond acceptors (Lipinski definition) is 5. The highest BCUT2D eigenvalue weighted by Crippen LogP contribution is 2.20. The van der Waals surface area contributed by atoms with Gasteiger partial charge in [0.1, 0.15) is 30.7 Å². The maximum atomic E-state index is 13.1. The number of aldehydes is 2. The van der Waals surface area contributed by atoms with Crippen molar-refractivity contribution in [2.24, 2.45) is 0 Å². The molecule has 0 spiro atoms. The molecule has 0 amide bonds. The monoisotopic (exact) mass is 374 g/mol. The van der Waals surface area contributed by atoms with E-state index in [-0.39, 0.29) is 11.9 Å². The molecule has 0 saturated heterocycles. The fourth-order valence-corrected chi connectivity index (χ4v) is 2.43. The zero-order valence-electron chi connectivity index (χ0n) is 16.0. The third kappa shape index (κ3) is 8.46. The summed E-state index contributed by atoms with van der Waals surface area (Å²) in [6, 6.07) is 14.2. The predicted octanol–water partition coefficient (Wildman–Crippen LogP) is 3.22. The van der Waals surface area contributed by atoms with Crippen molar-refractivity contribution in [2.45, 2.75) is 26.0 Å². The van der Waals surface area contributed by atoms with Gasteiger partial charge in [-0.25, -0.2) is 4.39 Å². The van der Waals surface area contributed by atoms with Crippen LogP contribution in [-0.4, -0.2) is 39.3 Å². The minimum absolute atomic E-state index is 0.122. The number of halogens is 1. The number of carbonyl (C=O) groups excluding carboxylic acids is 2. The maximum Gasteiger partial charge on any atom is 0.123 e. The Morgan fingerprint density at radius 3 is 2.41 bits per heavy atom. The standard InChI is InChI=1S/C19H23FN2O2.C2H4O/c1-21-17(10-11-23)13-22(2)18-6-8-19(9-7-18)24-14-15-4-3-5-16(20)12-15;1-2-3/h3-9,11-12,17,21H,10,13-14H2,1-2H3;2H,1H3. The highest BCUT2D eigenvalue weighted by Gasteiger charge is 2.09. The first-order valence-electron chi connectivity index (χ1n) is 8.73. The molecule has 0 radical (unpaired) electrons. The van der Waals surface area contributed by atoms with Crippen LogP contribution in [0.2, 0.25) is 0 Å². The summed E-state index contributed by atoms with van der Waals surface area (Å²) in [6.45, 7) is 2.51. The van der Waals surface area contributed by atoms with Crippen molar-refractivity contribution in [3.63, 3.8) is 0 Å². The van der Waals surface area contributed by atoms with E-state index in [9.17, 15) is 9.18 Å². The molecule has 5 nitrogen and oxygen atoms in total. The van der Waals surface area contributed by atoms with E-state index in [4.69, 9.17) is 9.53 Å². The molecule has 2 rings (SSSR count). The zero-order valence-corrected chi connectivity index (χ0v) is 16.0. The van der Waals surface area contributed by atoms with Crippen molar-refractivity contribution >= 4 is 18.3 Å². The summed E-state index contributed by atoms with van der Waals surface area (Å²) in [5.74, 6) is 0.469. The van der Waals surface area contributed by atoms with Crippen LogP contribution in [0.3, 0.4) is 0 Å². The molecule has 0 aliphatic rings. The molecule has 0 saturated carbocycles. The van der Waals surface area contributed by atoms with Gasteiger partial charge >= 0.3 is 0 Å². The largest absolute Gasteiger partial charge is 0.489 e. The summed E-state index contributed by atoms with van der Waals surface area (Å²) in [5.41, 5.74) is 1.83. The molecule has 0 aliphatic heterocycles. The van der Waals surface area contributed by atoms with E-state index in [1.165, 1.54) is 19.1 Å². The van der Waals surface area contributed by atoms with E-state index in [1.807, 2.05) is 44.4 Å². The summed E-state index contributed by atoms with van der Waals surface area (Å²) in [7, 11) is 3.84. The first-order chi connectivity index (χ1) is 13.0. The Bertz CT molecular complexity index is 692. The van der Waals surface area contributed by atoms with Gasteiger partial charge < -0.3 is 24.5 Å². The van der Waals surface area contributed by atoms with Crippen LogP contribution in [0.15, 0.2) is 48.5 Å². The lowest BCUT2D eigenvalue weighted by molar-refractivity contribution is -0.108. The first-order valence-corrected chi connectivity index (χ1v) is 8.73. The molecule has 1 unspecified atom stereocenters. The molecular formula is C21H27FN2O3. The van der Waals surface area contributed by atoms with Gasteiger partial charge in [-0.2, -0.15) is 0 Å². The van der Waals surface area contributed by atoms with E-state index in [1.54, 1.807) is 6.07 Å². The molecule has 146 valence electrons. The molecule has 0 heterocycles. The van der Waals surface area contributed by atoms with Crippen LogP contribution >= 0.6 is 0 Å². The second kappa shape index (κ2) is 12.6. The molecular weight excluding hydrogens is 347 g/mol. The van der Waals surface area contributed by atoms with Gasteiger partial charge in [0.15, 0.2) is 0 Å². The highest BCUT2D eigenvalue weighted by atomic mass is 19.1. The number of anilines is 1. The lowest BCUT2D eigenvalue weighted by Crippen LogP contribution is -2.37. The average Bonchev–Trinajstić information content (AvgIpc) is 2.67. The normalized spacial score (nSPS) is 11.0. The van der Waals surface area contributed by atoms with Crippen molar-refractivity contribution in [3.05, 3.63) is 59.9 Å². The van der Waals surface area contributed by atoms with Gasteiger partial charge in [-0.05, 0) is 55.9 Å². The summed E-state index contributed by atoms with van der Waals surface area (Å²) in [5, 5.41) is 3.13. The summed E-state index contributed by atoms with van der Waals surface area (Å²) < 4.78 is 18.8. The Morgan fingerprint density at radius 1 is 1.19 bits per heavy atom. The molecule has 1 atom stereocenters. The minimum Gasteiger partial charge on any atom is -0.489 e. The van der Waals surface area contributed by atoms with Crippen LogP contribution in [0.25, 0.3) is 0 Å². The van der Waals surface area contributed by atoms with Crippen molar-refractivity contribution < 1.29 is 18.7 Å². The van der Waals surface area contributed by atoms with E-state index in [0.29, 0.717) is 13.0 Å². The number of benzene rings is 2. The highest BCUT2D eigenvalue weighted by molar-refractivity contribution is 5.52. The fraction of sp³-hybridized carbons (Fsp3) is 0.333. The minimum atomic E-state index is -0.262. The van der Waals surface area contributed by atoms with Crippen LogP contribution in [0.5, 0.6) is 5.75 Å². The number of likely N-dealkylation sites (N-methyl/N-ethyl adjacent to an activating group) is 2. The van der Waals surface area contributed by atoms with Gasteiger partial charge in [-0.15, -0.1) is 0 Å². The van der Waals surface area contributed by atoms with Gasteiger partial charge in [0.2, 0.25) is 0 Å². The second-order valence-corrected chi connectivity index (χ2v) is 5.92. The SMILES string of the molecule is CC=O.CNC(CC=O)CN(C)c1ccc(OCc2cccc(F)c2)cc1. The molecule has 0 fully saturated rings. The summed E-state index contributed by atoms with van der Waals surface area (Å²) >= 11 is 0. The fourth-order valence-electron chi connectivity index (χ4n) is 2.43. The predicted molar refractivity (Wildman–Crippen MR) is 106 cm³/mol. The summed E-state index contributed by atoms with van der Waals surface area (Å²) in [4.78, 5) is 21.5. The Hall–Kier alpha value is -2.73. The van der Waals surface area contributed by atoms with E-state index in [2.05, 4.69) is 10.2 Å². The third-order valence-electron chi connectivity index (χ3n) is 3.86. The van der Waals surface area contributed by atoms with Crippen LogP contribution < -0.4 is 15.0 Å². The number of hydrogen-bond donors (Lipinski definition) is 1. The molecule has 6 heteroatoms. The molecule has 0 bridgehead atoms. The molecule has 0 aliphatic carbocycles. The Morgan fingerprint density at radius 2 is 1.85 bits per heavy atom. The van der Waals surface area contributed by atoms with Gasteiger partial charge in [0.05, 0.1) is 0 Å². The lowest BCUT2D eigenvalue weighted by Gasteiger charge is -2.24. The van der Waals surface area contributed by atoms with Gasteiger partial charge in [-0.1, -0.05) is 12.1 Å².